The van der Waals surface area contributed by atoms with Crippen LogP contribution in [0.2, 0.25) is 0 Å². The third kappa shape index (κ3) is 3.09. The van der Waals surface area contributed by atoms with Gasteiger partial charge in [0.25, 0.3) is 0 Å². The molecule has 0 N–H and O–H groups in total. The Morgan fingerprint density at radius 2 is 1.14 bits per heavy atom. The van der Waals surface area contributed by atoms with Crippen LogP contribution < -0.4 is 0 Å². The van der Waals surface area contributed by atoms with E-state index in [1.807, 2.05) is 25.4 Å². The SMILES string of the molecule is CC=Cc1ccc(-c2ccnc3c2ccc2c(-c4ccccc4)ccnc23)cc1. The summed E-state index contributed by atoms with van der Waals surface area (Å²) in [6.07, 6.45) is 7.92. The van der Waals surface area contributed by atoms with E-state index < -0.39 is 0 Å². The van der Waals surface area contributed by atoms with Gasteiger partial charge in [0.1, 0.15) is 0 Å². The number of hydrogen-bond acceptors (Lipinski definition) is 2. The molecule has 0 amide bonds. The normalized spacial score (nSPS) is 11.5. The second-order valence-corrected chi connectivity index (χ2v) is 7.06. The van der Waals surface area contributed by atoms with Crippen LogP contribution in [0.25, 0.3) is 50.1 Å². The van der Waals surface area contributed by atoms with Gasteiger partial charge in [-0.25, -0.2) is 0 Å². The number of allylic oxidation sites excluding steroid dienone is 1. The van der Waals surface area contributed by atoms with Crippen molar-refractivity contribution in [1.29, 1.82) is 0 Å². The van der Waals surface area contributed by atoms with Crippen molar-refractivity contribution in [3.05, 3.63) is 103 Å². The molecule has 2 nitrogen and oxygen atoms in total. The second kappa shape index (κ2) is 7.33. The number of nitrogens with zero attached hydrogens (tertiary/aromatic N) is 2. The molecular weight excluding hydrogens is 352 g/mol. The van der Waals surface area contributed by atoms with Crippen LogP contribution >= 0.6 is 0 Å². The Morgan fingerprint density at radius 1 is 0.586 bits per heavy atom. The molecule has 29 heavy (non-hydrogen) atoms. The monoisotopic (exact) mass is 372 g/mol. The van der Waals surface area contributed by atoms with Crippen molar-refractivity contribution in [2.24, 2.45) is 0 Å². The first-order valence-corrected chi connectivity index (χ1v) is 9.80. The van der Waals surface area contributed by atoms with Crippen LogP contribution in [0.5, 0.6) is 0 Å². The molecule has 5 aromatic rings. The average Bonchev–Trinajstić information content (AvgIpc) is 2.79. The van der Waals surface area contributed by atoms with E-state index in [0.717, 1.165) is 21.8 Å². The van der Waals surface area contributed by atoms with Gasteiger partial charge >= 0.3 is 0 Å². The maximum atomic E-state index is 4.70. The summed E-state index contributed by atoms with van der Waals surface area (Å²) in [5.41, 5.74) is 7.82. The third-order valence-corrected chi connectivity index (χ3v) is 5.29. The molecule has 0 aliphatic rings. The minimum Gasteiger partial charge on any atom is -0.254 e. The van der Waals surface area contributed by atoms with Crippen LogP contribution in [-0.2, 0) is 0 Å². The summed E-state index contributed by atoms with van der Waals surface area (Å²) in [5, 5.41) is 2.25. The zero-order valence-corrected chi connectivity index (χ0v) is 16.2. The van der Waals surface area contributed by atoms with E-state index in [9.17, 15) is 0 Å². The number of fused-ring (bicyclic) bond motifs is 3. The lowest BCUT2D eigenvalue weighted by Gasteiger charge is -2.11. The molecule has 0 fully saturated rings. The maximum absolute atomic E-state index is 4.70. The Balaban J connectivity index is 1.72. The lowest BCUT2D eigenvalue weighted by Crippen LogP contribution is -1.90. The molecule has 2 heteroatoms. The predicted octanol–water partition coefficient (Wildman–Crippen LogP) is 7.15. The summed E-state index contributed by atoms with van der Waals surface area (Å²) in [6.45, 7) is 2.03. The van der Waals surface area contributed by atoms with Gasteiger partial charge in [-0.1, -0.05) is 78.9 Å². The Hall–Kier alpha value is -3.78. The minimum atomic E-state index is 0.940. The van der Waals surface area contributed by atoms with Crippen LogP contribution in [0.15, 0.2) is 97.3 Å². The van der Waals surface area contributed by atoms with E-state index >= 15 is 0 Å². The van der Waals surface area contributed by atoms with E-state index in [1.54, 1.807) is 0 Å². The van der Waals surface area contributed by atoms with Crippen molar-refractivity contribution in [1.82, 2.24) is 9.97 Å². The van der Waals surface area contributed by atoms with Crippen molar-refractivity contribution in [2.45, 2.75) is 6.92 Å². The molecule has 0 unspecified atom stereocenters. The number of pyridine rings is 2. The highest BCUT2D eigenvalue weighted by Gasteiger charge is 2.11. The molecule has 5 rings (SSSR count). The molecule has 2 aromatic heterocycles. The molecule has 2 heterocycles. The molecule has 3 aromatic carbocycles. The van der Waals surface area contributed by atoms with Crippen LogP contribution in [0, 0.1) is 0 Å². The topological polar surface area (TPSA) is 25.8 Å². The molecule has 0 aliphatic carbocycles. The van der Waals surface area contributed by atoms with Crippen molar-refractivity contribution < 1.29 is 0 Å². The first-order valence-electron chi connectivity index (χ1n) is 9.80. The van der Waals surface area contributed by atoms with Gasteiger partial charge in [-0.15, -0.1) is 0 Å². The largest absolute Gasteiger partial charge is 0.254 e. The van der Waals surface area contributed by atoms with Gasteiger partial charge in [0.15, 0.2) is 0 Å². The van der Waals surface area contributed by atoms with Crippen LogP contribution in [0.4, 0.5) is 0 Å². The average molecular weight is 372 g/mol. The van der Waals surface area contributed by atoms with E-state index in [2.05, 4.69) is 84.9 Å². The summed E-state index contributed by atoms with van der Waals surface area (Å²) in [5.74, 6) is 0. The fraction of sp³-hybridized carbons (Fsp3) is 0.0370. The minimum absolute atomic E-state index is 0.940. The Morgan fingerprint density at radius 3 is 1.69 bits per heavy atom. The highest BCUT2D eigenvalue weighted by atomic mass is 14.7. The molecule has 0 aliphatic heterocycles. The molecule has 138 valence electrons. The zero-order chi connectivity index (χ0) is 19.6. The van der Waals surface area contributed by atoms with Crippen molar-refractivity contribution in [3.63, 3.8) is 0 Å². The van der Waals surface area contributed by atoms with Gasteiger partial charge in [0, 0.05) is 23.2 Å². The fourth-order valence-corrected chi connectivity index (χ4v) is 3.92. The molecule has 0 atom stereocenters. The molecule has 0 saturated heterocycles. The zero-order valence-electron chi connectivity index (χ0n) is 16.2. The summed E-state index contributed by atoms with van der Waals surface area (Å²) >= 11 is 0. The Labute approximate surface area is 170 Å². The summed E-state index contributed by atoms with van der Waals surface area (Å²) in [4.78, 5) is 9.40. The van der Waals surface area contributed by atoms with Gasteiger partial charge < -0.3 is 0 Å². The van der Waals surface area contributed by atoms with Crippen LogP contribution in [0.3, 0.4) is 0 Å². The van der Waals surface area contributed by atoms with Gasteiger partial charge in [-0.2, -0.15) is 0 Å². The van der Waals surface area contributed by atoms with Gasteiger partial charge in [0.2, 0.25) is 0 Å². The van der Waals surface area contributed by atoms with E-state index in [0.29, 0.717) is 0 Å². The standard InChI is InChI=1S/C27H20N2/c1-2-6-19-9-11-21(12-10-19)23-16-18-29-27-25(23)14-13-24-22(15-17-28-26(24)27)20-7-4-3-5-8-20/h2-18H,1H3. The lowest BCUT2D eigenvalue weighted by molar-refractivity contribution is 1.37. The first kappa shape index (κ1) is 17.3. The number of rotatable bonds is 3. The van der Waals surface area contributed by atoms with Crippen molar-refractivity contribution in [2.75, 3.05) is 0 Å². The van der Waals surface area contributed by atoms with E-state index in [4.69, 9.17) is 9.97 Å². The maximum Gasteiger partial charge on any atom is 0.0970 e. The number of hydrogen-bond donors (Lipinski definition) is 0. The number of benzene rings is 3. The highest BCUT2D eigenvalue weighted by Crippen LogP contribution is 2.34. The van der Waals surface area contributed by atoms with E-state index in [1.165, 1.54) is 27.8 Å². The quantitative estimate of drug-likeness (QED) is 0.314. The summed E-state index contributed by atoms with van der Waals surface area (Å²) in [7, 11) is 0. The third-order valence-electron chi connectivity index (χ3n) is 5.29. The summed E-state index contributed by atoms with van der Waals surface area (Å²) < 4.78 is 0. The Kier molecular flexibility index (Phi) is 4.38. The molecule has 0 saturated carbocycles. The molecule has 0 bridgehead atoms. The summed E-state index contributed by atoms with van der Waals surface area (Å²) in [6, 6.07) is 27.6. The predicted molar refractivity (Wildman–Crippen MR) is 123 cm³/mol. The molecule has 0 spiro atoms. The van der Waals surface area contributed by atoms with Gasteiger partial charge in [0.05, 0.1) is 11.0 Å². The van der Waals surface area contributed by atoms with Crippen LogP contribution in [0.1, 0.15) is 12.5 Å². The van der Waals surface area contributed by atoms with Crippen molar-refractivity contribution in [3.8, 4) is 22.3 Å². The van der Waals surface area contributed by atoms with Crippen molar-refractivity contribution >= 4 is 27.9 Å². The fourth-order valence-electron chi connectivity index (χ4n) is 3.92. The molecular formula is C27H20N2. The first-order chi connectivity index (χ1) is 14.3. The van der Waals surface area contributed by atoms with E-state index in [-0.39, 0.29) is 0 Å². The molecule has 0 radical (unpaired) electrons. The Bertz CT molecular complexity index is 1330. The highest BCUT2D eigenvalue weighted by molar-refractivity contribution is 6.11. The van der Waals surface area contributed by atoms with Gasteiger partial charge in [-0.05, 0) is 46.9 Å². The van der Waals surface area contributed by atoms with Crippen LogP contribution in [-0.4, -0.2) is 9.97 Å². The second-order valence-electron chi connectivity index (χ2n) is 7.06. The number of aromatic nitrogens is 2. The van der Waals surface area contributed by atoms with Gasteiger partial charge in [-0.3, -0.25) is 9.97 Å². The smallest absolute Gasteiger partial charge is 0.0970 e. The lowest BCUT2D eigenvalue weighted by atomic mass is 9.96.